The van der Waals surface area contributed by atoms with Crippen molar-refractivity contribution in [1.29, 1.82) is 0 Å². The lowest BCUT2D eigenvalue weighted by atomic mass is 10.0. The van der Waals surface area contributed by atoms with Crippen LogP contribution in [0.4, 0.5) is 0 Å². The largest absolute Gasteiger partial charge is 0.478 e. The van der Waals surface area contributed by atoms with Crippen molar-refractivity contribution in [2.75, 3.05) is 13.1 Å². The molecule has 1 heterocycles. The van der Waals surface area contributed by atoms with E-state index >= 15 is 0 Å². The van der Waals surface area contributed by atoms with Crippen molar-refractivity contribution >= 4 is 11.9 Å². The molecule has 0 spiro atoms. The Morgan fingerprint density at radius 2 is 2.00 bits per heavy atom. The zero-order valence-electron chi connectivity index (χ0n) is 8.56. The number of amides is 1. The van der Waals surface area contributed by atoms with Crippen LogP contribution >= 0.6 is 0 Å². The van der Waals surface area contributed by atoms with Crippen LogP contribution in [0.3, 0.4) is 0 Å². The zero-order valence-corrected chi connectivity index (χ0v) is 8.56. The van der Waals surface area contributed by atoms with E-state index in [2.05, 4.69) is 10.6 Å². The lowest BCUT2D eigenvalue weighted by Gasteiger charge is -2.24. The number of carbonyl (C=O) groups is 2. The van der Waals surface area contributed by atoms with Crippen molar-refractivity contribution in [3.63, 3.8) is 0 Å². The van der Waals surface area contributed by atoms with E-state index < -0.39 is 5.97 Å². The summed E-state index contributed by atoms with van der Waals surface area (Å²) in [7, 11) is 0. The van der Waals surface area contributed by atoms with Crippen LogP contribution in [0.2, 0.25) is 0 Å². The molecule has 0 aromatic heterocycles. The average Bonchev–Trinajstić information content (AvgIpc) is 2.30. The molecule has 84 valence electrons. The summed E-state index contributed by atoms with van der Waals surface area (Å²) in [5, 5.41) is 14.6. The number of nitrogens with one attached hydrogen (secondary N) is 2. The van der Waals surface area contributed by atoms with Gasteiger partial charge in [0, 0.05) is 6.54 Å². The smallest absolute Gasteiger partial charge is 0.335 e. The van der Waals surface area contributed by atoms with Crippen LogP contribution in [-0.2, 0) is 4.79 Å². The van der Waals surface area contributed by atoms with Crippen LogP contribution in [0.15, 0.2) is 24.3 Å². The number of hydrogen-bond acceptors (Lipinski definition) is 3. The van der Waals surface area contributed by atoms with E-state index in [1.165, 1.54) is 0 Å². The molecule has 0 bridgehead atoms. The quantitative estimate of drug-likeness (QED) is 0.662. The molecular formula is C11H12N2O3. The third-order valence-electron chi connectivity index (χ3n) is 2.57. The Kier molecular flexibility index (Phi) is 2.87. The SMILES string of the molecule is O=C1CNC(c2ccc(C(=O)O)cc2)CN1. The molecule has 0 saturated carbocycles. The van der Waals surface area contributed by atoms with Gasteiger partial charge < -0.3 is 10.4 Å². The summed E-state index contributed by atoms with van der Waals surface area (Å²) in [6.45, 7) is 0.830. The third kappa shape index (κ3) is 2.20. The molecular weight excluding hydrogens is 208 g/mol. The first-order chi connectivity index (χ1) is 7.66. The van der Waals surface area contributed by atoms with Crippen molar-refractivity contribution in [3.8, 4) is 0 Å². The van der Waals surface area contributed by atoms with Crippen LogP contribution in [0.1, 0.15) is 22.0 Å². The van der Waals surface area contributed by atoms with Crippen molar-refractivity contribution in [1.82, 2.24) is 10.6 Å². The molecule has 1 atom stereocenters. The van der Waals surface area contributed by atoms with Crippen LogP contribution in [0.5, 0.6) is 0 Å². The topological polar surface area (TPSA) is 78.4 Å². The standard InChI is InChI=1S/C11H12N2O3/c14-10-6-12-9(5-13-10)7-1-3-8(4-2-7)11(15)16/h1-4,9,12H,5-6H2,(H,13,14)(H,15,16). The molecule has 2 rings (SSSR count). The molecule has 1 fully saturated rings. The van der Waals surface area contributed by atoms with Gasteiger partial charge in [-0.1, -0.05) is 12.1 Å². The first-order valence-corrected chi connectivity index (χ1v) is 5.00. The zero-order chi connectivity index (χ0) is 11.5. The van der Waals surface area contributed by atoms with E-state index in [9.17, 15) is 9.59 Å². The maximum atomic E-state index is 10.9. The van der Waals surface area contributed by atoms with Crippen molar-refractivity contribution in [2.24, 2.45) is 0 Å². The highest BCUT2D eigenvalue weighted by Gasteiger charge is 2.18. The molecule has 1 unspecified atom stereocenters. The Balaban J connectivity index is 2.10. The van der Waals surface area contributed by atoms with Crippen molar-refractivity contribution < 1.29 is 14.7 Å². The predicted octanol–water partition coefficient (Wildman–Crippen LogP) is 0.145. The van der Waals surface area contributed by atoms with Gasteiger partial charge in [-0.25, -0.2) is 4.79 Å². The van der Waals surface area contributed by atoms with Crippen molar-refractivity contribution in [3.05, 3.63) is 35.4 Å². The number of carbonyl (C=O) groups excluding carboxylic acids is 1. The van der Waals surface area contributed by atoms with E-state index in [1.807, 2.05) is 0 Å². The molecule has 1 saturated heterocycles. The molecule has 1 aromatic carbocycles. The Morgan fingerprint density at radius 1 is 1.31 bits per heavy atom. The monoisotopic (exact) mass is 220 g/mol. The molecule has 16 heavy (non-hydrogen) atoms. The summed E-state index contributed by atoms with van der Waals surface area (Å²) < 4.78 is 0. The lowest BCUT2D eigenvalue weighted by Crippen LogP contribution is -2.46. The maximum Gasteiger partial charge on any atom is 0.335 e. The summed E-state index contributed by atoms with van der Waals surface area (Å²) in [5.74, 6) is -0.949. The second-order valence-electron chi connectivity index (χ2n) is 3.66. The molecule has 1 aliphatic heterocycles. The van der Waals surface area contributed by atoms with Crippen LogP contribution < -0.4 is 10.6 Å². The first-order valence-electron chi connectivity index (χ1n) is 5.00. The molecule has 1 aromatic rings. The Bertz CT molecular complexity index is 404. The molecule has 1 aliphatic rings. The lowest BCUT2D eigenvalue weighted by molar-refractivity contribution is -0.121. The van der Waals surface area contributed by atoms with Gasteiger partial charge in [0.05, 0.1) is 18.2 Å². The number of piperazine rings is 1. The first kappa shape index (κ1) is 10.6. The van der Waals surface area contributed by atoms with Gasteiger partial charge in [-0.3, -0.25) is 10.1 Å². The van der Waals surface area contributed by atoms with Gasteiger partial charge in [-0.05, 0) is 17.7 Å². The number of benzene rings is 1. The summed E-state index contributed by atoms with van der Waals surface area (Å²) in [5.41, 5.74) is 1.24. The highest BCUT2D eigenvalue weighted by Crippen LogP contribution is 2.14. The van der Waals surface area contributed by atoms with Crippen LogP contribution in [0.25, 0.3) is 0 Å². The van der Waals surface area contributed by atoms with Gasteiger partial charge in [-0.2, -0.15) is 0 Å². The minimum absolute atomic E-state index is 0.0154. The number of aromatic carboxylic acids is 1. The normalized spacial score (nSPS) is 20.2. The highest BCUT2D eigenvalue weighted by atomic mass is 16.4. The van der Waals surface area contributed by atoms with E-state index in [4.69, 9.17) is 5.11 Å². The van der Waals surface area contributed by atoms with E-state index in [0.29, 0.717) is 13.1 Å². The summed E-state index contributed by atoms with van der Waals surface area (Å²) in [4.78, 5) is 21.6. The van der Waals surface area contributed by atoms with Gasteiger partial charge in [0.15, 0.2) is 0 Å². The molecule has 0 aliphatic carbocycles. The number of carboxylic acid groups (broad SMARTS) is 1. The predicted molar refractivity (Wildman–Crippen MR) is 57.2 cm³/mol. The Morgan fingerprint density at radius 3 is 2.50 bits per heavy atom. The van der Waals surface area contributed by atoms with Crippen LogP contribution in [-0.4, -0.2) is 30.1 Å². The molecule has 5 nitrogen and oxygen atoms in total. The molecule has 5 heteroatoms. The van der Waals surface area contributed by atoms with Gasteiger partial charge in [0.25, 0.3) is 0 Å². The summed E-state index contributed by atoms with van der Waals surface area (Å²) in [6.07, 6.45) is 0. The third-order valence-corrected chi connectivity index (χ3v) is 2.57. The maximum absolute atomic E-state index is 10.9. The fraction of sp³-hybridized carbons (Fsp3) is 0.273. The number of hydrogen-bond donors (Lipinski definition) is 3. The second kappa shape index (κ2) is 4.32. The molecule has 1 amide bonds. The minimum Gasteiger partial charge on any atom is -0.478 e. The summed E-state index contributed by atoms with van der Waals surface area (Å²) >= 11 is 0. The van der Waals surface area contributed by atoms with E-state index in [1.54, 1.807) is 24.3 Å². The van der Waals surface area contributed by atoms with E-state index in [-0.39, 0.29) is 17.5 Å². The second-order valence-corrected chi connectivity index (χ2v) is 3.66. The number of rotatable bonds is 2. The molecule has 3 N–H and O–H groups in total. The van der Waals surface area contributed by atoms with Gasteiger partial charge in [0.2, 0.25) is 5.91 Å². The number of carboxylic acids is 1. The Labute approximate surface area is 92.5 Å². The van der Waals surface area contributed by atoms with E-state index in [0.717, 1.165) is 5.56 Å². The fourth-order valence-corrected chi connectivity index (χ4v) is 1.66. The highest BCUT2D eigenvalue weighted by molar-refractivity contribution is 5.87. The average molecular weight is 220 g/mol. The fourth-order valence-electron chi connectivity index (χ4n) is 1.66. The van der Waals surface area contributed by atoms with Crippen molar-refractivity contribution in [2.45, 2.75) is 6.04 Å². The Hall–Kier alpha value is -1.88. The minimum atomic E-state index is -0.934. The summed E-state index contributed by atoms with van der Waals surface area (Å²) in [6, 6.07) is 6.71. The van der Waals surface area contributed by atoms with Gasteiger partial charge >= 0.3 is 5.97 Å². The van der Waals surface area contributed by atoms with Crippen LogP contribution in [0, 0.1) is 0 Å². The van der Waals surface area contributed by atoms with Gasteiger partial charge in [-0.15, -0.1) is 0 Å². The molecule has 0 radical (unpaired) electrons. The van der Waals surface area contributed by atoms with Gasteiger partial charge in [0.1, 0.15) is 0 Å².